The molecule has 0 amide bonds. The number of aromatic nitrogens is 4. The second-order valence-corrected chi connectivity index (χ2v) is 5.95. The fourth-order valence-electron chi connectivity index (χ4n) is 2.82. The zero-order valence-corrected chi connectivity index (χ0v) is 13.5. The number of hydrogen-bond donors (Lipinski definition) is 0. The van der Waals surface area contributed by atoms with E-state index in [0.717, 1.165) is 25.2 Å². The lowest BCUT2D eigenvalue weighted by molar-refractivity contribution is -0.0422. The summed E-state index contributed by atoms with van der Waals surface area (Å²) in [5, 5.41) is 12.5. The molecular formula is C16H19N5O3. The molecule has 8 nitrogen and oxygen atoms in total. The molecule has 4 heterocycles. The van der Waals surface area contributed by atoms with Crippen LogP contribution in [-0.2, 0) is 17.8 Å². The standard InChI is InChI=1S/C16H19N5O3/c1-12-7-17-21(8-12)10-13-9-20(4-6-22-13)11-15-18-19-16(24-15)14-3-2-5-23-14/h2-3,5,7-8,13H,4,6,9-11H2,1H3/t13-/m0/s1. The minimum absolute atomic E-state index is 0.102. The molecule has 0 bridgehead atoms. The molecule has 4 rings (SSSR count). The molecule has 8 heteroatoms. The summed E-state index contributed by atoms with van der Waals surface area (Å²) in [5.74, 6) is 1.58. The van der Waals surface area contributed by atoms with Gasteiger partial charge in [0.05, 0.1) is 38.3 Å². The van der Waals surface area contributed by atoms with Crippen molar-refractivity contribution in [2.24, 2.45) is 0 Å². The van der Waals surface area contributed by atoms with Gasteiger partial charge in [0.25, 0.3) is 5.89 Å². The van der Waals surface area contributed by atoms with E-state index in [1.54, 1.807) is 18.4 Å². The molecule has 0 aromatic carbocycles. The van der Waals surface area contributed by atoms with Crippen molar-refractivity contribution in [1.82, 2.24) is 24.9 Å². The third-order valence-corrected chi connectivity index (χ3v) is 3.93. The summed E-state index contributed by atoms with van der Waals surface area (Å²) in [7, 11) is 0. The summed E-state index contributed by atoms with van der Waals surface area (Å²) in [6.07, 6.45) is 5.57. The van der Waals surface area contributed by atoms with E-state index >= 15 is 0 Å². The molecule has 126 valence electrons. The highest BCUT2D eigenvalue weighted by atomic mass is 16.5. The van der Waals surface area contributed by atoms with E-state index < -0.39 is 0 Å². The molecule has 0 aliphatic carbocycles. The van der Waals surface area contributed by atoms with Crippen LogP contribution in [0.25, 0.3) is 11.7 Å². The van der Waals surface area contributed by atoms with Gasteiger partial charge >= 0.3 is 0 Å². The summed E-state index contributed by atoms with van der Waals surface area (Å²) in [6, 6.07) is 3.59. The van der Waals surface area contributed by atoms with Crippen molar-refractivity contribution >= 4 is 0 Å². The Hall–Kier alpha value is -2.45. The molecule has 1 saturated heterocycles. The molecule has 1 aliphatic rings. The molecule has 0 saturated carbocycles. The fraction of sp³-hybridized carbons (Fsp3) is 0.438. The highest BCUT2D eigenvalue weighted by molar-refractivity contribution is 5.42. The number of nitrogens with zero attached hydrogens (tertiary/aromatic N) is 5. The van der Waals surface area contributed by atoms with Crippen LogP contribution >= 0.6 is 0 Å². The van der Waals surface area contributed by atoms with Crippen molar-refractivity contribution in [3.05, 3.63) is 42.2 Å². The van der Waals surface area contributed by atoms with Gasteiger partial charge in [-0.2, -0.15) is 5.10 Å². The maximum absolute atomic E-state index is 5.84. The van der Waals surface area contributed by atoms with E-state index in [2.05, 4.69) is 20.2 Å². The van der Waals surface area contributed by atoms with Crippen molar-refractivity contribution in [2.45, 2.75) is 26.1 Å². The van der Waals surface area contributed by atoms with Gasteiger partial charge in [-0.3, -0.25) is 9.58 Å². The number of aryl methyl sites for hydroxylation is 1. The van der Waals surface area contributed by atoms with Crippen LogP contribution in [0.1, 0.15) is 11.5 Å². The van der Waals surface area contributed by atoms with Crippen LogP contribution in [0.15, 0.2) is 39.6 Å². The van der Waals surface area contributed by atoms with Crippen LogP contribution in [0, 0.1) is 6.92 Å². The van der Waals surface area contributed by atoms with Gasteiger partial charge < -0.3 is 13.6 Å². The molecule has 1 aliphatic heterocycles. The van der Waals surface area contributed by atoms with Crippen molar-refractivity contribution < 1.29 is 13.6 Å². The quantitative estimate of drug-likeness (QED) is 0.705. The summed E-state index contributed by atoms with van der Waals surface area (Å²) >= 11 is 0. The van der Waals surface area contributed by atoms with Gasteiger partial charge in [0.15, 0.2) is 5.76 Å². The first kappa shape index (κ1) is 15.1. The van der Waals surface area contributed by atoms with Crippen LogP contribution in [0.5, 0.6) is 0 Å². The molecule has 1 fully saturated rings. The maximum atomic E-state index is 5.84. The van der Waals surface area contributed by atoms with Crippen molar-refractivity contribution in [3.8, 4) is 11.7 Å². The normalized spacial score (nSPS) is 19.0. The lowest BCUT2D eigenvalue weighted by atomic mass is 10.2. The van der Waals surface area contributed by atoms with Gasteiger partial charge in [-0.15, -0.1) is 10.2 Å². The van der Waals surface area contributed by atoms with Gasteiger partial charge in [-0.1, -0.05) is 0 Å². The number of ether oxygens (including phenoxy) is 1. The maximum Gasteiger partial charge on any atom is 0.283 e. The van der Waals surface area contributed by atoms with Crippen LogP contribution < -0.4 is 0 Å². The smallest absolute Gasteiger partial charge is 0.283 e. The van der Waals surface area contributed by atoms with Crippen molar-refractivity contribution in [2.75, 3.05) is 19.7 Å². The lowest BCUT2D eigenvalue weighted by Crippen LogP contribution is -2.43. The number of furan rings is 1. The van der Waals surface area contributed by atoms with Crippen LogP contribution in [0.4, 0.5) is 0 Å². The van der Waals surface area contributed by atoms with E-state index in [1.165, 1.54) is 0 Å². The predicted octanol–water partition coefficient (Wildman–Crippen LogP) is 1.74. The number of hydrogen-bond acceptors (Lipinski definition) is 7. The van der Waals surface area contributed by atoms with E-state index in [4.69, 9.17) is 13.6 Å². The highest BCUT2D eigenvalue weighted by Gasteiger charge is 2.23. The summed E-state index contributed by atoms with van der Waals surface area (Å²) in [6.45, 7) is 5.70. The molecule has 0 unspecified atom stereocenters. The van der Waals surface area contributed by atoms with Gasteiger partial charge in [0.2, 0.25) is 5.89 Å². The van der Waals surface area contributed by atoms with E-state index in [1.807, 2.05) is 24.0 Å². The van der Waals surface area contributed by atoms with E-state index in [9.17, 15) is 0 Å². The third kappa shape index (κ3) is 3.39. The topological polar surface area (TPSA) is 82.4 Å². The second-order valence-electron chi connectivity index (χ2n) is 5.95. The predicted molar refractivity (Wildman–Crippen MR) is 84.0 cm³/mol. The average Bonchev–Trinajstić information content (AvgIpc) is 3.29. The minimum atomic E-state index is 0.102. The molecule has 3 aromatic heterocycles. The van der Waals surface area contributed by atoms with Gasteiger partial charge in [0.1, 0.15) is 0 Å². The Morgan fingerprint density at radius 3 is 3.08 bits per heavy atom. The molecule has 0 radical (unpaired) electrons. The average molecular weight is 329 g/mol. The molecule has 1 atom stereocenters. The molecule has 3 aromatic rings. The lowest BCUT2D eigenvalue weighted by Gasteiger charge is -2.31. The summed E-state index contributed by atoms with van der Waals surface area (Å²) in [5.41, 5.74) is 1.15. The van der Waals surface area contributed by atoms with Crippen molar-refractivity contribution in [1.29, 1.82) is 0 Å². The SMILES string of the molecule is Cc1cnn(C[C@@H]2CN(Cc3nnc(-c4ccco4)o3)CCO2)c1. The zero-order chi connectivity index (χ0) is 16.4. The minimum Gasteiger partial charge on any atom is -0.459 e. The van der Waals surface area contributed by atoms with Crippen molar-refractivity contribution in [3.63, 3.8) is 0 Å². The van der Waals surface area contributed by atoms with Gasteiger partial charge in [0, 0.05) is 19.3 Å². The summed E-state index contributed by atoms with van der Waals surface area (Å²) in [4.78, 5) is 2.25. The molecule has 0 N–H and O–H groups in total. The second kappa shape index (κ2) is 6.58. The fourth-order valence-corrected chi connectivity index (χ4v) is 2.82. The van der Waals surface area contributed by atoms with Crippen LogP contribution in [-0.4, -0.2) is 50.7 Å². The number of morpholine rings is 1. The van der Waals surface area contributed by atoms with E-state index in [-0.39, 0.29) is 6.10 Å². The Morgan fingerprint density at radius 2 is 2.29 bits per heavy atom. The van der Waals surface area contributed by atoms with Crippen LogP contribution in [0.3, 0.4) is 0 Å². The largest absolute Gasteiger partial charge is 0.459 e. The Labute approximate surface area is 139 Å². The highest BCUT2D eigenvalue weighted by Crippen LogP contribution is 2.19. The van der Waals surface area contributed by atoms with Gasteiger partial charge in [-0.05, 0) is 24.6 Å². The van der Waals surface area contributed by atoms with Gasteiger partial charge in [-0.25, -0.2) is 0 Å². The molecular weight excluding hydrogens is 310 g/mol. The first-order valence-electron chi connectivity index (χ1n) is 7.95. The Balaban J connectivity index is 1.36. The Kier molecular flexibility index (Phi) is 4.14. The third-order valence-electron chi connectivity index (χ3n) is 3.93. The van der Waals surface area contributed by atoms with E-state index in [0.29, 0.717) is 30.7 Å². The number of rotatable bonds is 5. The first-order valence-corrected chi connectivity index (χ1v) is 7.95. The monoisotopic (exact) mass is 329 g/mol. The van der Waals surface area contributed by atoms with Crippen LogP contribution in [0.2, 0.25) is 0 Å². The Bertz CT molecular complexity index is 779. The molecule has 24 heavy (non-hydrogen) atoms. The summed E-state index contributed by atoms with van der Waals surface area (Å²) < 4.78 is 18.7. The molecule has 0 spiro atoms. The first-order chi connectivity index (χ1) is 11.8. The Morgan fingerprint density at radius 1 is 1.33 bits per heavy atom. The zero-order valence-electron chi connectivity index (χ0n) is 13.5.